The summed E-state index contributed by atoms with van der Waals surface area (Å²) in [5.41, 5.74) is 7.90. The Morgan fingerprint density at radius 1 is 1.00 bits per heavy atom. The van der Waals surface area contributed by atoms with Crippen molar-refractivity contribution >= 4 is 11.8 Å². The summed E-state index contributed by atoms with van der Waals surface area (Å²) in [7, 11) is 0. The highest BCUT2D eigenvalue weighted by Gasteiger charge is 2.23. The molecule has 2 aromatic heterocycles. The zero-order valence-electron chi connectivity index (χ0n) is 18.3. The van der Waals surface area contributed by atoms with Crippen molar-refractivity contribution in [2.45, 2.75) is 32.1 Å². The molecule has 0 spiro atoms. The maximum atomic E-state index is 14.0. The molecule has 0 saturated carbocycles. The smallest absolute Gasteiger partial charge is 0.272 e. The summed E-state index contributed by atoms with van der Waals surface area (Å²) >= 11 is 0. The van der Waals surface area contributed by atoms with Crippen molar-refractivity contribution < 1.29 is 14.0 Å². The van der Waals surface area contributed by atoms with Gasteiger partial charge >= 0.3 is 0 Å². The lowest BCUT2D eigenvalue weighted by Crippen LogP contribution is -2.32. The molecule has 1 atom stereocenters. The van der Waals surface area contributed by atoms with E-state index in [4.69, 9.17) is 5.73 Å². The normalized spacial score (nSPS) is 16.3. The average Bonchev–Trinajstić information content (AvgIpc) is 3.06. The van der Waals surface area contributed by atoms with Crippen LogP contribution >= 0.6 is 0 Å². The van der Waals surface area contributed by atoms with Crippen molar-refractivity contribution in [2.75, 3.05) is 13.1 Å². The van der Waals surface area contributed by atoms with E-state index in [0.717, 1.165) is 25.0 Å². The third kappa shape index (κ3) is 5.77. The number of likely N-dealkylation sites (tertiary alicyclic amines) is 1. The Kier molecular flexibility index (Phi) is 7.02. The van der Waals surface area contributed by atoms with E-state index in [9.17, 15) is 14.0 Å². The van der Waals surface area contributed by atoms with Gasteiger partial charge in [-0.25, -0.2) is 19.3 Å². The van der Waals surface area contributed by atoms with Gasteiger partial charge < -0.3 is 10.6 Å². The number of hydrogen-bond acceptors (Lipinski definition) is 5. The van der Waals surface area contributed by atoms with Crippen LogP contribution < -0.4 is 5.73 Å². The number of pyridine rings is 1. The van der Waals surface area contributed by atoms with Crippen molar-refractivity contribution in [3.63, 3.8) is 0 Å². The molecular formula is C25H26FN5O2. The Bertz CT molecular complexity index is 1150. The lowest BCUT2D eigenvalue weighted by molar-refractivity contribution is 0.0753. The van der Waals surface area contributed by atoms with Crippen molar-refractivity contribution in [1.29, 1.82) is 0 Å². The van der Waals surface area contributed by atoms with E-state index in [-0.39, 0.29) is 17.4 Å². The summed E-state index contributed by atoms with van der Waals surface area (Å²) in [5, 5.41) is 0. The number of nitrogens with zero attached hydrogens (tertiary/aromatic N) is 4. The predicted octanol–water partition coefficient (Wildman–Crippen LogP) is 3.19. The topological polar surface area (TPSA) is 102 Å². The van der Waals surface area contributed by atoms with Crippen molar-refractivity contribution in [3.05, 3.63) is 89.0 Å². The van der Waals surface area contributed by atoms with Gasteiger partial charge in [0.15, 0.2) is 0 Å². The largest absolute Gasteiger partial charge is 0.364 e. The van der Waals surface area contributed by atoms with Crippen molar-refractivity contribution in [1.82, 2.24) is 19.9 Å². The molecule has 2 N–H and O–H groups in total. The zero-order chi connectivity index (χ0) is 23.2. The molecule has 170 valence electrons. The molecular weight excluding hydrogens is 421 g/mol. The molecule has 0 radical (unpaired) electrons. The van der Waals surface area contributed by atoms with Gasteiger partial charge in [-0.15, -0.1) is 0 Å². The third-order valence-corrected chi connectivity index (χ3v) is 5.96. The Labute approximate surface area is 191 Å². The van der Waals surface area contributed by atoms with E-state index in [1.165, 1.54) is 12.4 Å². The summed E-state index contributed by atoms with van der Waals surface area (Å²) in [4.78, 5) is 39.0. The summed E-state index contributed by atoms with van der Waals surface area (Å²) in [5.74, 6) is -0.606. The molecule has 1 aromatic carbocycles. The number of amides is 2. The summed E-state index contributed by atoms with van der Waals surface area (Å²) in [6, 6.07) is 13.5. The molecule has 1 saturated heterocycles. The van der Waals surface area contributed by atoms with E-state index < -0.39 is 5.91 Å². The van der Waals surface area contributed by atoms with Crippen LogP contribution in [-0.2, 0) is 12.8 Å². The van der Waals surface area contributed by atoms with Gasteiger partial charge in [0.25, 0.3) is 11.8 Å². The lowest BCUT2D eigenvalue weighted by atomic mass is 9.95. The Hall–Kier alpha value is -3.68. The van der Waals surface area contributed by atoms with Crippen LogP contribution in [0.5, 0.6) is 0 Å². The number of rotatable bonds is 6. The SMILES string of the molecule is NC(=O)c1cc(C[C@@H]2CCCN(C(=O)c3cccc(Cc4ccccc4F)n3)CC2)ncn1. The number of primary amides is 1. The van der Waals surface area contributed by atoms with Gasteiger partial charge in [0.1, 0.15) is 23.5 Å². The molecule has 2 amide bonds. The molecule has 0 bridgehead atoms. The molecule has 1 aliphatic rings. The maximum Gasteiger partial charge on any atom is 0.272 e. The molecule has 4 rings (SSSR count). The Morgan fingerprint density at radius 3 is 2.67 bits per heavy atom. The fourth-order valence-electron chi connectivity index (χ4n) is 4.21. The van der Waals surface area contributed by atoms with Crippen LogP contribution in [0, 0.1) is 11.7 Å². The molecule has 3 aromatic rings. The third-order valence-electron chi connectivity index (χ3n) is 5.96. The molecule has 0 aliphatic carbocycles. The summed E-state index contributed by atoms with van der Waals surface area (Å²) in [6.07, 6.45) is 5.07. The first-order valence-corrected chi connectivity index (χ1v) is 11.1. The van der Waals surface area contributed by atoms with Crippen LogP contribution in [0.3, 0.4) is 0 Å². The monoisotopic (exact) mass is 447 g/mol. The molecule has 7 nitrogen and oxygen atoms in total. The van der Waals surface area contributed by atoms with E-state index >= 15 is 0 Å². The van der Waals surface area contributed by atoms with E-state index in [2.05, 4.69) is 15.0 Å². The highest BCUT2D eigenvalue weighted by molar-refractivity contribution is 5.92. The van der Waals surface area contributed by atoms with Crippen LogP contribution in [0.2, 0.25) is 0 Å². The standard InChI is InChI=1S/C25H26FN5O2/c26-21-8-2-1-6-18(21)14-19-7-3-9-22(30-19)25(33)31-11-4-5-17(10-12-31)13-20-15-23(24(27)32)29-16-28-20/h1-3,6-9,15-17H,4-5,10-14H2,(H2,27,32)/t17-/m1/s1. The molecule has 3 heterocycles. The lowest BCUT2D eigenvalue weighted by Gasteiger charge is -2.20. The van der Waals surface area contributed by atoms with Crippen LogP contribution in [0.25, 0.3) is 0 Å². The maximum absolute atomic E-state index is 14.0. The summed E-state index contributed by atoms with van der Waals surface area (Å²) < 4.78 is 14.0. The van der Waals surface area contributed by atoms with Crippen molar-refractivity contribution in [2.24, 2.45) is 11.7 Å². The van der Waals surface area contributed by atoms with Crippen LogP contribution in [0.1, 0.15) is 57.2 Å². The number of nitrogens with two attached hydrogens (primary N) is 1. The van der Waals surface area contributed by atoms with Gasteiger partial charge in [-0.2, -0.15) is 0 Å². The Morgan fingerprint density at radius 2 is 1.85 bits per heavy atom. The van der Waals surface area contributed by atoms with Gasteiger partial charge in [-0.1, -0.05) is 24.3 Å². The van der Waals surface area contributed by atoms with Crippen LogP contribution in [-0.4, -0.2) is 44.8 Å². The average molecular weight is 448 g/mol. The van der Waals surface area contributed by atoms with Gasteiger partial charge in [0.2, 0.25) is 0 Å². The number of benzene rings is 1. The minimum absolute atomic E-state index is 0.107. The number of hydrogen-bond donors (Lipinski definition) is 1. The fourth-order valence-corrected chi connectivity index (χ4v) is 4.21. The molecule has 1 aliphatic heterocycles. The van der Waals surface area contributed by atoms with Crippen LogP contribution in [0.4, 0.5) is 4.39 Å². The molecule has 33 heavy (non-hydrogen) atoms. The van der Waals surface area contributed by atoms with E-state index in [0.29, 0.717) is 48.8 Å². The summed E-state index contributed by atoms with van der Waals surface area (Å²) in [6.45, 7) is 1.28. The fraction of sp³-hybridized carbons (Fsp3) is 0.320. The first kappa shape index (κ1) is 22.5. The second kappa shape index (κ2) is 10.3. The van der Waals surface area contributed by atoms with Gasteiger partial charge in [-0.05, 0) is 61.4 Å². The van der Waals surface area contributed by atoms with E-state index in [1.54, 1.807) is 36.4 Å². The molecule has 0 unspecified atom stereocenters. The number of aromatic nitrogens is 3. The van der Waals surface area contributed by atoms with Crippen molar-refractivity contribution in [3.8, 4) is 0 Å². The highest BCUT2D eigenvalue weighted by Crippen LogP contribution is 2.22. The number of halogens is 1. The quantitative estimate of drug-likeness (QED) is 0.625. The van der Waals surface area contributed by atoms with Gasteiger partial charge in [0, 0.05) is 30.9 Å². The minimum Gasteiger partial charge on any atom is -0.364 e. The second-order valence-corrected chi connectivity index (χ2v) is 8.33. The Balaban J connectivity index is 1.39. The molecule has 8 heteroatoms. The van der Waals surface area contributed by atoms with Gasteiger partial charge in [-0.3, -0.25) is 9.59 Å². The second-order valence-electron chi connectivity index (χ2n) is 8.33. The highest BCUT2D eigenvalue weighted by atomic mass is 19.1. The van der Waals surface area contributed by atoms with E-state index in [1.807, 2.05) is 11.0 Å². The predicted molar refractivity (Wildman–Crippen MR) is 121 cm³/mol. The first-order valence-electron chi connectivity index (χ1n) is 11.1. The van der Waals surface area contributed by atoms with Crippen LogP contribution in [0.15, 0.2) is 54.9 Å². The van der Waals surface area contributed by atoms with Gasteiger partial charge in [0.05, 0.1) is 0 Å². The number of carbonyl (C=O) groups is 2. The number of carbonyl (C=O) groups excluding carboxylic acids is 2. The minimum atomic E-state index is -0.568. The zero-order valence-corrected chi connectivity index (χ0v) is 18.3. The first-order chi connectivity index (χ1) is 16.0. The molecule has 1 fully saturated rings.